The highest BCUT2D eigenvalue weighted by atomic mass is 19.1. The van der Waals surface area contributed by atoms with Crippen LogP contribution in [-0.2, 0) is 6.54 Å². The molecular weight excluding hydrogens is 635 g/mol. The van der Waals surface area contributed by atoms with Gasteiger partial charge in [-0.1, -0.05) is 42.3 Å². The summed E-state index contributed by atoms with van der Waals surface area (Å²) < 4.78 is 59.1. The number of anilines is 1. The average molecular weight is 668 g/mol. The van der Waals surface area contributed by atoms with Crippen molar-refractivity contribution >= 4 is 27.5 Å². The van der Waals surface area contributed by atoms with Gasteiger partial charge in [0.05, 0.1) is 23.8 Å². The molecule has 2 N–H and O–H groups in total. The number of terminal acetylenes is 1. The molecule has 3 atom stereocenters. The number of nitrogens with zero attached hydrogens (tertiary/aromatic N) is 5. The number of ether oxygens (including phenoxy) is 2. The van der Waals surface area contributed by atoms with Crippen LogP contribution in [0.5, 0.6) is 17.6 Å². The summed E-state index contributed by atoms with van der Waals surface area (Å²) in [6.07, 6.45) is 6.71. The molecule has 3 aromatic carbocycles. The fourth-order valence-electron chi connectivity index (χ4n) is 7.63. The molecule has 0 bridgehead atoms. The van der Waals surface area contributed by atoms with Gasteiger partial charge in [-0.15, -0.1) is 6.42 Å². The lowest BCUT2D eigenvalue weighted by Crippen LogP contribution is -2.43. The van der Waals surface area contributed by atoms with Crippen molar-refractivity contribution in [1.82, 2.24) is 19.9 Å². The van der Waals surface area contributed by atoms with E-state index in [0.29, 0.717) is 18.4 Å². The molecule has 2 fully saturated rings. The molecule has 5 aromatic rings. The molecule has 3 aliphatic rings. The van der Waals surface area contributed by atoms with E-state index in [9.17, 15) is 19.0 Å². The van der Waals surface area contributed by atoms with Gasteiger partial charge in [-0.2, -0.15) is 9.97 Å². The molecule has 2 aromatic heterocycles. The smallest absolute Gasteiger partial charge is 0.319 e. The lowest BCUT2D eigenvalue weighted by atomic mass is 9.95. The number of alkyl halides is 1. The lowest BCUT2D eigenvalue weighted by molar-refractivity contribution is 0.107. The highest BCUT2D eigenvalue weighted by molar-refractivity contribution is 6.04. The van der Waals surface area contributed by atoms with Crippen LogP contribution in [0, 0.1) is 24.0 Å². The minimum atomic E-state index is -0.974. The van der Waals surface area contributed by atoms with E-state index >= 15 is 4.39 Å². The number of pyridine rings is 1. The third-order valence-corrected chi connectivity index (χ3v) is 9.93. The van der Waals surface area contributed by atoms with Crippen molar-refractivity contribution in [2.45, 2.75) is 43.6 Å². The Labute approximate surface area is 279 Å². The second kappa shape index (κ2) is 12.1. The normalized spacial score (nSPS) is 21.8. The quantitative estimate of drug-likeness (QED) is 0.217. The number of phenolic OH excluding ortho intramolecular Hbond substituents is 1. The highest BCUT2D eigenvalue weighted by Gasteiger charge is 2.49. The zero-order valence-corrected chi connectivity index (χ0v) is 26.4. The van der Waals surface area contributed by atoms with Gasteiger partial charge in [-0.05, 0) is 48.5 Å². The van der Waals surface area contributed by atoms with E-state index in [-0.39, 0.29) is 82.9 Å². The third kappa shape index (κ3) is 5.25. The summed E-state index contributed by atoms with van der Waals surface area (Å²) in [6, 6.07) is 14.1. The molecule has 8 rings (SSSR count). The molecule has 0 unspecified atom stereocenters. The van der Waals surface area contributed by atoms with Gasteiger partial charge >= 0.3 is 6.01 Å². The second-order valence-electron chi connectivity index (χ2n) is 12.9. The van der Waals surface area contributed by atoms with Gasteiger partial charge in [0.15, 0.2) is 5.82 Å². The Morgan fingerprint density at radius 1 is 1.08 bits per heavy atom. The standard InChI is InChI=1S/C37H32F3N5O4/c1-2-26-28(39)10-9-22-13-25(47)14-27(29(22)26)32-31(40)33-30-34(43-36(42-33)49-20-37-11-6-12-44(37)17-23(38)15-37)45(16-21-7-4-3-5-8-21)24(18-46)19-48-35(30)41-32/h1,3-5,7-10,13-14,23-24,46-47H,6,11-12,15-20H2/t23-,24-,37+/m1/s1. The minimum Gasteiger partial charge on any atom is -0.508 e. The first-order valence-corrected chi connectivity index (χ1v) is 16.2. The topological polar surface area (TPSA) is 104 Å². The molecule has 250 valence electrons. The number of phenols is 1. The fraction of sp³-hybridized carbons (Fsp3) is 0.324. The van der Waals surface area contributed by atoms with Crippen molar-refractivity contribution in [2.24, 2.45) is 0 Å². The fourth-order valence-corrected chi connectivity index (χ4v) is 7.63. The van der Waals surface area contributed by atoms with Gasteiger partial charge in [-0.25, -0.2) is 18.2 Å². The number of aliphatic hydroxyl groups excluding tert-OH is 1. The predicted octanol–water partition coefficient (Wildman–Crippen LogP) is 5.53. The Kier molecular flexibility index (Phi) is 7.69. The molecule has 2 saturated heterocycles. The summed E-state index contributed by atoms with van der Waals surface area (Å²) in [7, 11) is 0. The number of aromatic nitrogens is 3. The average Bonchev–Trinajstić information content (AvgIpc) is 3.58. The molecular formula is C37H32F3N5O4. The number of hydrogen-bond donors (Lipinski definition) is 2. The highest BCUT2D eigenvalue weighted by Crippen LogP contribution is 2.44. The Morgan fingerprint density at radius 2 is 1.92 bits per heavy atom. The van der Waals surface area contributed by atoms with Crippen molar-refractivity contribution in [3.05, 3.63) is 77.4 Å². The van der Waals surface area contributed by atoms with Gasteiger partial charge in [0.25, 0.3) is 0 Å². The van der Waals surface area contributed by atoms with Gasteiger partial charge in [-0.3, -0.25) is 4.90 Å². The number of aliphatic hydroxyl groups is 1. The van der Waals surface area contributed by atoms with Crippen LogP contribution in [-0.4, -0.2) is 80.7 Å². The Balaban J connectivity index is 1.35. The summed E-state index contributed by atoms with van der Waals surface area (Å²) >= 11 is 0. The van der Waals surface area contributed by atoms with E-state index in [2.05, 4.69) is 20.8 Å². The van der Waals surface area contributed by atoms with Crippen LogP contribution in [0.25, 0.3) is 32.9 Å². The molecule has 12 heteroatoms. The molecule has 9 nitrogen and oxygen atoms in total. The molecule has 0 saturated carbocycles. The van der Waals surface area contributed by atoms with Crippen molar-refractivity contribution in [1.29, 1.82) is 0 Å². The zero-order chi connectivity index (χ0) is 33.9. The van der Waals surface area contributed by atoms with Gasteiger partial charge < -0.3 is 24.6 Å². The number of hydrogen-bond acceptors (Lipinski definition) is 9. The second-order valence-corrected chi connectivity index (χ2v) is 12.9. The predicted molar refractivity (Wildman–Crippen MR) is 177 cm³/mol. The Hall–Kier alpha value is -5.12. The first kappa shape index (κ1) is 31.2. The van der Waals surface area contributed by atoms with E-state index < -0.39 is 29.4 Å². The van der Waals surface area contributed by atoms with Crippen LogP contribution in [0.2, 0.25) is 0 Å². The number of aromatic hydroxyl groups is 1. The van der Waals surface area contributed by atoms with Crippen molar-refractivity contribution < 1.29 is 32.9 Å². The summed E-state index contributed by atoms with van der Waals surface area (Å²) in [4.78, 5) is 17.8. The number of fused-ring (bicyclic) bond motifs is 2. The molecule has 49 heavy (non-hydrogen) atoms. The summed E-state index contributed by atoms with van der Waals surface area (Å²) in [5, 5.41) is 21.9. The summed E-state index contributed by atoms with van der Waals surface area (Å²) in [5.74, 6) is 0.762. The zero-order valence-electron chi connectivity index (χ0n) is 26.4. The molecule has 3 aliphatic heterocycles. The monoisotopic (exact) mass is 667 g/mol. The van der Waals surface area contributed by atoms with Crippen LogP contribution in [0.4, 0.5) is 19.0 Å². The number of benzene rings is 3. The van der Waals surface area contributed by atoms with Crippen LogP contribution in [0.15, 0.2) is 54.6 Å². The SMILES string of the molecule is C#Cc1c(F)ccc2cc(O)cc(-c3nc4c5c(nc(OC[C@@]67CCCN6C[C@H](F)C7)nc5c3F)N(Cc3ccccc3)[C@H](CO)CO4)c12. The van der Waals surface area contributed by atoms with Crippen molar-refractivity contribution in [3.63, 3.8) is 0 Å². The van der Waals surface area contributed by atoms with E-state index in [1.807, 2.05) is 35.2 Å². The van der Waals surface area contributed by atoms with E-state index in [1.165, 1.54) is 24.3 Å². The first-order chi connectivity index (χ1) is 23.8. The maximum atomic E-state index is 17.1. The molecule has 0 aliphatic carbocycles. The van der Waals surface area contributed by atoms with Gasteiger partial charge in [0.2, 0.25) is 5.88 Å². The maximum absolute atomic E-state index is 17.1. The van der Waals surface area contributed by atoms with Gasteiger partial charge in [0, 0.05) is 30.5 Å². The van der Waals surface area contributed by atoms with E-state index in [1.54, 1.807) is 0 Å². The molecule has 0 spiro atoms. The van der Waals surface area contributed by atoms with Crippen LogP contribution >= 0.6 is 0 Å². The molecule has 0 amide bonds. The maximum Gasteiger partial charge on any atom is 0.319 e. The lowest BCUT2D eigenvalue weighted by Gasteiger charge is -2.32. The number of rotatable bonds is 7. The summed E-state index contributed by atoms with van der Waals surface area (Å²) in [6.45, 7) is 1.12. The summed E-state index contributed by atoms with van der Waals surface area (Å²) in [5.41, 5.74) is -0.175. The largest absolute Gasteiger partial charge is 0.508 e. The van der Waals surface area contributed by atoms with Crippen LogP contribution in [0.3, 0.4) is 0 Å². The molecule has 0 radical (unpaired) electrons. The number of halogens is 3. The van der Waals surface area contributed by atoms with Crippen molar-refractivity contribution in [2.75, 3.05) is 37.8 Å². The third-order valence-electron chi connectivity index (χ3n) is 9.93. The van der Waals surface area contributed by atoms with Crippen molar-refractivity contribution in [3.8, 4) is 41.2 Å². The van der Waals surface area contributed by atoms with E-state index in [4.69, 9.17) is 20.9 Å². The Bertz CT molecular complexity index is 2150. The molecule has 5 heterocycles. The van der Waals surface area contributed by atoms with Crippen LogP contribution in [0.1, 0.15) is 30.4 Å². The first-order valence-electron chi connectivity index (χ1n) is 16.2. The van der Waals surface area contributed by atoms with Crippen LogP contribution < -0.4 is 14.4 Å². The Morgan fingerprint density at radius 3 is 2.71 bits per heavy atom. The minimum absolute atomic E-state index is 0.0197. The van der Waals surface area contributed by atoms with E-state index in [0.717, 1.165) is 24.9 Å². The van der Waals surface area contributed by atoms with Gasteiger partial charge in [0.1, 0.15) is 53.4 Å².